The number of halogens is 2. The van der Waals surface area contributed by atoms with E-state index in [0.717, 1.165) is 22.6 Å². The standard InChI is InChI=1S/C21H16Cl2N2O3/c1-2-12-11-24-20-14(13(12)9-10-18(26)27)5-3-8-17(20)25-21(28)19-15(22)6-4-7-16(19)23/h3-11H,2H2,1H3,(H,25,28)(H,26,27)/b10-9+. The number of benzene rings is 2. The Morgan fingerprint density at radius 1 is 1.14 bits per heavy atom. The summed E-state index contributed by atoms with van der Waals surface area (Å²) in [6.07, 6.45) is 5.00. The van der Waals surface area contributed by atoms with Crippen LogP contribution in [0.3, 0.4) is 0 Å². The van der Waals surface area contributed by atoms with Gasteiger partial charge in [0, 0.05) is 17.7 Å². The average molecular weight is 415 g/mol. The van der Waals surface area contributed by atoms with Gasteiger partial charge in [-0.2, -0.15) is 0 Å². The third kappa shape index (κ3) is 4.01. The Kier molecular flexibility index (Phi) is 5.97. The summed E-state index contributed by atoms with van der Waals surface area (Å²) in [5, 5.41) is 13.0. The van der Waals surface area contributed by atoms with E-state index in [2.05, 4.69) is 10.3 Å². The molecule has 0 aliphatic heterocycles. The number of rotatable bonds is 5. The minimum Gasteiger partial charge on any atom is -0.478 e. The highest BCUT2D eigenvalue weighted by Gasteiger charge is 2.17. The van der Waals surface area contributed by atoms with Crippen LogP contribution in [0, 0.1) is 0 Å². The van der Waals surface area contributed by atoms with Crippen molar-refractivity contribution in [3.8, 4) is 0 Å². The number of hydrogen-bond donors (Lipinski definition) is 2. The van der Waals surface area contributed by atoms with E-state index in [4.69, 9.17) is 28.3 Å². The number of aliphatic carboxylic acids is 1. The summed E-state index contributed by atoms with van der Waals surface area (Å²) in [7, 11) is 0. The topological polar surface area (TPSA) is 79.3 Å². The highest BCUT2D eigenvalue weighted by molar-refractivity contribution is 6.40. The second kappa shape index (κ2) is 8.42. The molecule has 1 aromatic heterocycles. The number of pyridine rings is 1. The Morgan fingerprint density at radius 2 is 1.82 bits per heavy atom. The number of nitrogens with one attached hydrogen (secondary N) is 1. The summed E-state index contributed by atoms with van der Waals surface area (Å²) >= 11 is 12.2. The first kappa shape index (κ1) is 19.9. The summed E-state index contributed by atoms with van der Waals surface area (Å²) < 4.78 is 0. The lowest BCUT2D eigenvalue weighted by Crippen LogP contribution is -2.13. The lowest BCUT2D eigenvalue weighted by molar-refractivity contribution is -0.131. The summed E-state index contributed by atoms with van der Waals surface area (Å²) in [4.78, 5) is 28.1. The summed E-state index contributed by atoms with van der Waals surface area (Å²) in [5.74, 6) is -1.49. The molecule has 0 saturated carbocycles. The van der Waals surface area contributed by atoms with Gasteiger partial charge in [-0.15, -0.1) is 0 Å². The van der Waals surface area contributed by atoms with Gasteiger partial charge in [-0.1, -0.05) is 48.3 Å². The van der Waals surface area contributed by atoms with Crippen molar-refractivity contribution in [3.05, 3.63) is 75.4 Å². The molecule has 0 spiro atoms. The van der Waals surface area contributed by atoms with Crippen LogP contribution in [-0.2, 0) is 11.2 Å². The predicted octanol–water partition coefficient (Wildman–Crippen LogP) is 5.45. The fraction of sp³-hybridized carbons (Fsp3) is 0.0952. The number of para-hydroxylation sites is 1. The quantitative estimate of drug-likeness (QED) is 0.543. The number of amides is 1. The molecule has 2 N–H and O–H groups in total. The minimum absolute atomic E-state index is 0.180. The number of carbonyl (C=O) groups excluding carboxylic acids is 1. The van der Waals surface area contributed by atoms with Crippen LogP contribution >= 0.6 is 23.2 Å². The lowest BCUT2D eigenvalue weighted by atomic mass is 10.0. The van der Waals surface area contributed by atoms with Gasteiger partial charge >= 0.3 is 5.97 Å². The maximum atomic E-state index is 12.7. The fourth-order valence-corrected chi connectivity index (χ4v) is 3.49. The first-order chi connectivity index (χ1) is 13.4. The van der Waals surface area contributed by atoms with Crippen molar-refractivity contribution in [3.63, 3.8) is 0 Å². The number of hydrogen-bond acceptors (Lipinski definition) is 3. The Morgan fingerprint density at radius 3 is 2.46 bits per heavy atom. The van der Waals surface area contributed by atoms with E-state index in [1.54, 1.807) is 42.6 Å². The third-order valence-corrected chi connectivity index (χ3v) is 4.86. The second-order valence-corrected chi connectivity index (χ2v) is 6.79. The summed E-state index contributed by atoms with van der Waals surface area (Å²) in [5.41, 5.74) is 2.86. The van der Waals surface area contributed by atoms with E-state index in [1.165, 1.54) is 0 Å². The number of carboxylic acids is 1. The van der Waals surface area contributed by atoms with E-state index in [9.17, 15) is 9.59 Å². The molecule has 1 amide bonds. The van der Waals surface area contributed by atoms with Crippen molar-refractivity contribution in [1.82, 2.24) is 4.98 Å². The summed E-state index contributed by atoms with van der Waals surface area (Å²) in [6, 6.07) is 10.2. The number of carboxylic acid groups (broad SMARTS) is 1. The molecule has 0 aliphatic rings. The van der Waals surface area contributed by atoms with Crippen LogP contribution in [0.25, 0.3) is 17.0 Å². The van der Waals surface area contributed by atoms with Crippen LogP contribution in [0.5, 0.6) is 0 Å². The van der Waals surface area contributed by atoms with Gasteiger partial charge in [0.05, 0.1) is 26.8 Å². The molecule has 7 heteroatoms. The zero-order chi connectivity index (χ0) is 20.3. The van der Waals surface area contributed by atoms with Gasteiger partial charge < -0.3 is 10.4 Å². The van der Waals surface area contributed by atoms with Crippen LogP contribution in [0.4, 0.5) is 5.69 Å². The Balaban J connectivity index is 2.09. The molecule has 0 unspecified atom stereocenters. The highest BCUT2D eigenvalue weighted by atomic mass is 35.5. The molecule has 142 valence electrons. The van der Waals surface area contributed by atoms with E-state index in [-0.39, 0.29) is 15.6 Å². The first-order valence-electron chi connectivity index (χ1n) is 8.49. The van der Waals surface area contributed by atoms with Crippen LogP contribution in [0.15, 0.2) is 48.7 Å². The van der Waals surface area contributed by atoms with E-state index < -0.39 is 11.9 Å². The van der Waals surface area contributed by atoms with Gasteiger partial charge in [0.15, 0.2) is 0 Å². The third-order valence-electron chi connectivity index (χ3n) is 4.23. The maximum Gasteiger partial charge on any atom is 0.328 e. The van der Waals surface area contributed by atoms with Crippen LogP contribution in [0.1, 0.15) is 28.4 Å². The van der Waals surface area contributed by atoms with Crippen molar-refractivity contribution < 1.29 is 14.7 Å². The zero-order valence-electron chi connectivity index (χ0n) is 14.9. The van der Waals surface area contributed by atoms with Crippen molar-refractivity contribution in [2.45, 2.75) is 13.3 Å². The van der Waals surface area contributed by atoms with Crippen molar-refractivity contribution in [2.24, 2.45) is 0 Å². The molecule has 0 bridgehead atoms. The van der Waals surface area contributed by atoms with Crippen LogP contribution in [0.2, 0.25) is 10.0 Å². The molecule has 0 aliphatic carbocycles. The lowest BCUT2D eigenvalue weighted by Gasteiger charge is -2.13. The molecule has 5 nitrogen and oxygen atoms in total. The Labute approximate surface area is 171 Å². The number of aromatic nitrogens is 1. The van der Waals surface area contributed by atoms with E-state index in [0.29, 0.717) is 17.6 Å². The van der Waals surface area contributed by atoms with Crippen molar-refractivity contribution in [1.29, 1.82) is 0 Å². The monoisotopic (exact) mass is 414 g/mol. The van der Waals surface area contributed by atoms with E-state index in [1.807, 2.05) is 13.0 Å². The minimum atomic E-state index is -1.04. The molecular weight excluding hydrogens is 399 g/mol. The Bertz CT molecular complexity index is 1090. The largest absolute Gasteiger partial charge is 0.478 e. The van der Waals surface area contributed by atoms with Gasteiger partial charge in [-0.05, 0) is 41.8 Å². The van der Waals surface area contributed by atoms with Gasteiger partial charge in [0.2, 0.25) is 0 Å². The van der Waals surface area contributed by atoms with Crippen LogP contribution in [-0.4, -0.2) is 22.0 Å². The van der Waals surface area contributed by atoms with Crippen molar-refractivity contribution in [2.75, 3.05) is 5.32 Å². The molecule has 3 aromatic rings. The van der Waals surface area contributed by atoms with Gasteiger partial charge in [-0.25, -0.2) is 4.79 Å². The zero-order valence-corrected chi connectivity index (χ0v) is 16.4. The number of carbonyl (C=O) groups is 2. The smallest absolute Gasteiger partial charge is 0.328 e. The number of anilines is 1. The molecule has 3 rings (SSSR count). The average Bonchev–Trinajstić information content (AvgIpc) is 2.66. The molecular formula is C21H16Cl2N2O3. The Hall–Kier alpha value is -2.89. The van der Waals surface area contributed by atoms with Crippen LogP contribution < -0.4 is 5.32 Å². The molecule has 0 atom stereocenters. The molecule has 1 heterocycles. The van der Waals surface area contributed by atoms with E-state index >= 15 is 0 Å². The SMILES string of the molecule is CCc1cnc2c(NC(=O)c3c(Cl)cccc3Cl)cccc2c1/C=C/C(=O)O. The van der Waals surface area contributed by atoms with Crippen molar-refractivity contribution >= 4 is 57.7 Å². The maximum absolute atomic E-state index is 12.7. The fourth-order valence-electron chi connectivity index (χ4n) is 2.92. The molecule has 2 aromatic carbocycles. The normalized spacial score (nSPS) is 11.1. The van der Waals surface area contributed by atoms with Gasteiger partial charge in [0.25, 0.3) is 5.91 Å². The predicted molar refractivity (Wildman–Crippen MR) is 112 cm³/mol. The molecule has 0 radical (unpaired) electrons. The van der Waals surface area contributed by atoms with Gasteiger partial charge in [-0.3, -0.25) is 9.78 Å². The number of nitrogens with zero attached hydrogens (tertiary/aromatic N) is 1. The van der Waals surface area contributed by atoms with Gasteiger partial charge in [0.1, 0.15) is 0 Å². The highest BCUT2D eigenvalue weighted by Crippen LogP contribution is 2.30. The molecule has 0 fully saturated rings. The second-order valence-electron chi connectivity index (χ2n) is 5.97. The number of aryl methyl sites for hydroxylation is 1. The summed E-state index contributed by atoms with van der Waals surface area (Å²) in [6.45, 7) is 1.96. The number of fused-ring (bicyclic) bond motifs is 1. The molecule has 28 heavy (non-hydrogen) atoms. The first-order valence-corrected chi connectivity index (χ1v) is 9.25. The molecule has 0 saturated heterocycles.